The molecular formula is C23H29NO4Si. The van der Waals surface area contributed by atoms with Crippen molar-refractivity contribution >= 4 is 25.8 Å². The number of hydrogen-bond donors (Lipinski definition) is 1. The molecule has 6 heteroatoms. The molecule has 0 spiro atoms. The van der Waals surface area contributed by atoms with Gasteiger partial charge in [0.25, 0.3) is 5.91 Å². The molecule has 0 bridgehead atoms. The molecule has 0 aliphatic carbocycles. The molecule has 0 aromatic heterocycles. The Morgan fingerprint density at radius 2 is 1.31 bits per heavy atom. The van der Waals surface area contributed by atoms with Crippen molar-refractivity contribution in [2.24, 2.45) is 0 Å². The normalized spacial score (nSPS) is 11.8. The summed E-state index contributed by atoms with van der Waals surface area (Å²) < 4.78 is 6.04. The van der Waals surface area contributed by atoms with Crippen LogP contribution < -0.4 is 5.32 Å². The quantitative estimate of drug-likeness (QED) is 0.300. The molecule has 154 valence electrons. The summed E-state index contributed by atoms with van der Waals surface area (Å²) in [6.45, 7) is 11.7. The van der Waals surface area contributed by atoms with Crippen LogP contribution in [0.5, 0.6) is 0 Å². The highest BCUT2D eigenvalue weighted by atomic mass is 28.4. The van der Waals surface area contributed by atoms with Crippen LogP contribution >= 0.6 is 0 Å². The fourth-order valence-electron chi connectivity index (χ4n) is 2.41. The van der Waals surface area contributed by atoms with Gasteiger partial charge in [0.2, 0.25) is 11.6 Å². The van der Waals surface area contributed by atoms with Gasteiger partial charge in [-0.1, -0.05) is 63.2 Å². The molecule has 2 rings (SSSR count). The molecule has 0 aliphatic heterocycles. The van der Waals surface area contributed by atoms with Gasteiger partial charge < -0.3 is 9.74 Å². The lowest BCUT2D eigenvalue weighted by Crippen LogP contribution is -2.42. The van der Waals surface area contributed by atoms with E-state index in [0.29, 0.717) is 24.3 Å². The maximum absolute atomic E-state index is 12.3. The monoisotopic (exact) mass is 411 g/mol. The first kappa shape index (κ1) is 22.7. The number of nitrogens with one attached hydrogen (secondary N) is 1. The Morgan fingerprint density at radius 1 is 0.828 bits per heavy atom. The van der Waals surface area contributed by atoms with E-state index in [9.17, 15) is 14.4 Å². The van der Waals surface area contributed by atoms with Crippen LogP contribution in [0.2, 0.25) is 18.1 Å². The van der Waals surface area contributed by atoms with Gasteiger partial charge in [0.1, 0.15) is 0 Å². The lowest BCUT2D eigenvalue weighted by molar-refractivity contribution is 0.0817. The summed E-state index contributed by atoms with van der Waals surface area (Å²) in [4.78, 5) is 36.9. The topological polar surface area (TPSA) is 72.5 Å². The zero-order chi connectivity index (χ0) is 21.7. The first-order valence-electron chi connectivity index (χ1n) is 9.69. The Hall–Kier alpha value is -2.57. The summed E-state index contributed by atoms with van der Waals surface area (Å²) in [6, 6.07) is 14.5. The first-order chi connectivity index (χ1) is 13.5. The summed E-state index contributed by atoms with van der Waals surface area (Å²) in [5.74, 6) is -1.39. The lowest BCUT2D eigenvalue weighted by atomic mass is 10.0. The second-order valence-electron chi connectivity index (χ2n) is 8.47. The Labute approximate surface area is 173 Å². The van der Waals surface area contributed by atoms with E-state index in [1.165, 1.54) is 12.1 Å². The molecule has 1 amide bonds. The van der Waals surface area contributed by atoms with E-state index in [-0.39, 0.29) is 16.5 Å². The SMILES string of the molecule is CC(C)(C)[Si](C)(C)OCCNC(=O)c1ccc(C(=O)C(=O)c2ccccc2)cc1. The molecule has 2 aromatic rings. The van der Waals surface area contributed by atoms with Crippen LogP contribution in [-0.4, -0.2) is 38.9 Å². The molecule has 0 heterocycles. The molecule has 0 atom stereocenters. The number of rotatable bonds is 8. The molecule has 0 aliphatic rings. The van der Waals surface area contributed by atoms with Crippen molar-refractivity contribution in [2.45, 2.75) is 38.9 Å². The second kappa shape index (κ2) is 9.28. The molecular weight excluding hydrogens is 382 g/mol. The predicted molar refractivity (Wildman–Crippen MR) is 117 cm³/mol. The Kier molecular flexibility index (Phi) is 7.27. The zero-order valence-electron chi connectivity index (χ0n) is 17.7. The molecule has 0 fully saturated rings. The molecule has 29 heavy (non-hydrogen) atoms. The highest BCUT2D eigenvalue weighted by molar-refractivity contribution is 6.74. The van der Waals surface area contributed by atoms with Gasteiger partial charge in [-0.05, 0) is 30.3 Å². The van der Waals surface area contributed by atoms with Crippen molar-refractivity contribution < 1.29 is 18.8 Å². The molecule has 0 radical (unpaired) electrons. The predicted octanol–water partition coefficient (Wildman–Crippen LogP) is 4.50. The van der Waals surface area contributed by atoms with E-state index in [1.807, 2.05) is 0 Å². The first-order valence-corrected chi connectivity index (χ1v) is 12.6. The van der Waals surface area contributed by atoms with Gasteiger partial charge in [0.15, 0.2) is 8.32 Å². The molecule has 0 unspecified atom stereocenters. The molecule has 5 nitrogen and oxygen atoms in total. The minimum atomic E-state index is -1.84. The molecule has 2 aromatic carbocycles. The van der Waals surface area contributed by atoms with Crippen LogP contribution in [0.15, 0.2) is 54.6 Å². The van der Waals surface area contributed by atoms with E-state index in [4.69, 9.17) is 4.43 Å². The number of hydrogen-bond acceptors (Lipinski definition) is 4. The van der Waals surface area contributed by atoms with Crippen molar-refractivity contribution in [3.63, 3.8) is 0 Å². The van der Waals surface area contributed by atoms with Crippen molar-refractivity contribution in [3.05, 3.63) is 71.3 Å². The maximum Gasteiger partial charge on any atom is 0.251 e. The van der Waals surface area contributed by atoms with Gasteiger partial charge in [-0.15, -0.1) is 0 Å². The number of ketones is 2. The smallest absolute Gasteiger partial charge is 0.251 e. The van der Waals surface area contributed by atoms with Gasteiger partial charge in [0.05, 0.1) is 6.61 Å². The van der Waals surface area contributed by atoms with E-state index < -0.39 is 19.9 Å². The third-order valence-corrected chi connectivity index (χ3v) is 9.85. The number of carbonyl (C=O) groups is 3. The average molecular weight is 412 g/mol. The standard InChI is InChI=1S/C23H29NO4Si/c1-23(2,3)29(4,5)28-16-15-24-22(27)19-13-11-18(12-14-19)21(26)20(25)17-9-7-6-8-10-17/h6-14H,15-16H2,1-5H3,(H,24,27). The van der Waals surface area contributed by atoms with Crippen molar-refractivity contribution in [1.29, 1.82) is 0 Å². The fourth-order valence-corrected chi connectivity index (χ4v) is 3.46. The van der Waals surface area contributed by atoms with Crippen LogP contribution in [0, 0.1) is 0 Å². The largest absolute Gasteiger partial charge is 0.415 e. The Bertz CT molecular complexity index is 868. The minimum absolute atomic E-state index is 0.122. The lowest BCUT2D eigenvalue weighted by Gasteiger charge is -2.36. The van der Waals surface area contributed by atoms with Crippen LogP contribution in [-0.2, 0) is 4.43 Å². The third-order valence-electron chi connectivity index (χ3n) is 5.31. The summed E-state index contributed by atoms with van der Waals surface area (Å²) >= 11 is 0. The average Bonchev–Trinajstić information content (AvgIpc) is 2.70. The van der Waals surface area contributed by atoms with Crippen LogP contribution in [0.1, 0.15) is 51.8 Å². The zero-order valence-corrected chi connectivity index (χ0v) is 18.7. The van der Waals surface area contributed by atoms with Gasteiger partial charge in [-0.2, -0.15) is 0 Å². The number of Topliss-reactive ketones (excluding diaryl/α,β-unsaturated/α-hetero) is 2. The number of amides is 1. The third kappa shape index (κ3) is 5.95. The molecule has 0 saturated heterocycles. The summed E-state index contributed by atoms with van der Waals surface area (Å²) in [6.07, 6.45) is 0. The molecule has 1 N–H and O–H groups in total. The highest BCUT2D eigenvalue weighted by Crippen LogP contribution is 2.36. The van der Waals surface area contributed by atoms with E-state index in [1.54, 1.807) is 42.5 Å². The van der Waals surface area contributed by atoms with Gasteiger partial charge in [-0.25, -0.2) is 0 Å². The van der Waals surface area contributed by atoms with Crippen LogP contribution in [0.4, 0.5) is 0 Å². The summed E-state index contributed by atoms with van der Waals surface area (Å²) in [5.41, 5.74) is 1.04. The van der Waals surface area contributed by atoms with Crippen LogP contribution in [0.25, 0.3) is 0 Å². The van der Waals surface area contributed by atoms with Crippen molar-refractivity contribution in [1.82, 2.24) is 5.32 Å². The second-order valence-corrected chi connectivity index (χ2v) is 13.3. The van der Waals surface area contributed by atoms with Gasteiger partial charge >= 0.3 is 0 Å². The fraction of sp³-hybridized carbons (Fsp3) is 0.348. The summed E-state index contributed by atoms with van der Waals surface area (Å²) in [7, 11) is -1.84. The minimum Gasteiger partial charge on any atom is -0.415 e. The number of benzene rings is 2. The van der Waals surface area contributed by atoms with E-state index >= 15 is 0 Å². The maximum atomic E-state index is 12.3. The van der Waals surface area contributed by atoms with E-state index in [2.05, 4.69) is 39.2 Å². The van der Waals surface area contributed by atoms with Gasteiger partial charge in [-0.3, -0.25) is 14.4 Å². The summed E-state index contributed by atoms with van der Waals surface area (Å²) in [5, 5.41) is 2.95. The van der Waals surface area contributed by atoms with Gasteiger partial charge in [0, 0.05) is 23.2 Å². The molecule has 0 saturated carbocycles. The number of carbonyl (C=O) groups excluding carboxylic acids is 3. The van der Waals surface area contributed by atoms with Crippen molar-refractivity contribution in [2.75, 3.05) is 13.2 Å². The van der Waals surface area contributed by atoms with Crippen LogP contribution in [0.3, 0.4) is 0 Å². The van der Waals surface area contributed by atoms with E-state index in [0.717, 1.165) is 0 Å². The Morgan fingerprint density at radius 3 is 1.83 bits per heavy atom. The Balaban J connectivity index is 1.90. The highest BCUT2D eigenvalue weighted by Gasteiger charge is 2.36. The van der Waals surface area contributed by atoms with Crippen molar-refractivity contribution in [3.8, 4) is 0 Å².